The topological polar surface area (TPSA) is 83.6 Å². The minimum absolute atomic E-state index is 0.130. The lowest BCUT2D eigenvalue weighted by molar-refractivity contribution is 0.102. The third-order valence-corrected chi connectivity index (χ3v) is 3.38. The Morgan fingerprint density at radius 1 is 1.29 bits per heavy atom. The molecule has 0 saturated carbocycles. The first-order valence-corrected chi connectivity index (χ1v) is 6.67. The molecular formula is C14H12ClN5O. The fourth-order valence-corrected chi connectivity index (χ4v) is 2.22. The number of carbonyl (C=O) groups excluding carboxylic acids is 1. The third kappa shape index (κ3) is 2.57. The molecule has 0 spiro atoms. The zero-order chi connectivity index (χ0) is 15.0. The highest BCUT2D eigenvalue weighted by Gasteiger charge is 2.13. The number of carbonyl (C=O) groups is 1. The fraction of sp³-hybridized carbons (Fsp3) is 0.143. The Morgan fingerprint density at radius 2 is 2.10 bits per heavy atom. The summed E-state index contributed by atoms with van der Waals surface area (Å²) in [4.78, 5) is 27.3. The molecule has 106 valence electrons. The maximum absolute atomic E-state index is 12.3. The summed E-state index contributed by atoms with van der Waals surface area (Å²) < 4.78 is 0. The smallest absolute Gasteiger partial charge is 0.258 e. The first-order chi connectivity index (χ1) is 10.0. The van der Waals surface area contributed by atoms with Crippen LogP contribution in [0.3, 0.4) is 0 Å². The van der Waals surface area contributed by atoms with Crippen LogP contribution >= 0.6 is 11.6 Å². The van der Waals surface area contributed by atoms with E-state index in [2.05, 4.69) is 25.3 Å². The lowest BCUT2D eigenvalue weighted by atomic mass is 10.1. The Labute approximate surface area is 125 Å². The van der Waals surface area contributed by atoms with E-state index in [1.54, 1.807) is 0 Å². The summed E-state index contributed by atoms with van der Waals surface area (Å²) in [7, 11) is 0. The van der Waals surface area contributed by atoms with Gasteiger partial charge in [0.2, 0.25) is 5.95 Å². The van der Waals surface area contributed by atoms with Crippen molar-refractivity contribution in [2.24, 2.45) is 0 Å². The molecule has 2 N–H and O–H groups in total. The van der Waals surface area contributed by atoms with Crippen LogP contribution in [0, 0.1) is 13.8 Å². The highest BCUT2D eigenvalue weighted by Crippen LogP contribution is 2.19. The van der Waals surface area contributed by atoms with Gasteiger partial charge in [-0.3, -0.25) is 10.1 Å². The molecule has 0 unspecified atom stereocenters. The summed E-state index contributed by atoms with van der Waals surface area (Å²) in [5.41, 5.74) is 3.42. The number of fused-ring (bicyclic) bond motifs is 1. The molecule has 0 saturated heterocycles. The molecule has 0 aliphatic rings. The normalized spacial score (nSPS) is 10.8. The van der Waals surface area contributed by atoms with Crippen molar-refractivity contribution in [1.29, 1.82) is 0 Å². The number of nitrogens with one attached hydrogen (secondary N) is 2. The summed E-state index contributed by atoms with van der Waals surface area (Å²) in [6, 6.07) is 5.67. The number of imidazole rings is 1. The third-order valence-electron chi connectivity index (χ3n) is 3.10. The van der Waals surface area contributed by atoms with E-state index in [0.29, 0.717) is 16.7 Å². The quantitative estimate of drug-likeness (QED) is 0.713. The van der Waals surface area contributed by atoms with Crippen LogP contribution in [0.1, 0.15) is 21.5 Å². The van der Waals surface area contributed by atoms with Gasteiger partial charge in [0.15, 0.2) is 10.8 Å². The van der Waals surface area contributed by atoms with Gasteiger partial charge in [0.1, 0.15) is 5.52 Å². The molecule has 21 heavy (non-hydrogen) atoms. The van der Waals surface area contributed by atoms with Gasteiger partial charge < -0.3 is 4.98 Å². The molecule has 6 nitrogen and oxygen atoms in total. The SMILES string of the molecule is Cc1ccc(C)c(C(=O)Nc2nc(Cl)c3[nH]cnc3n2)c1. The molecule has 3 aromatic rings. The van der Waals surface area contributed by atoms with Crippen molar-refractivity contribution < 1.29 is 4.79 Å². The van der Waals surface area contributed by atoms with E-state index in [9.17, 15) is 4.79 Å². The first-order valence-electron chi connectivity index (χ1n) is 6.30. The van der Waals surface area contributed by atoms with E-state index in [-0.39, 0.29) is 17.0 Å². The second-order valence-electron chi connectivity index (χ2n) is 4.71. The second kappa shape index (κ2) is 5.14. The molecular weight excluding hydrogens is 290 g/mol. The van der Waals surface area contributed by atoms with Crippen LogP contribution in [-0.2, 0) is 0 Å². The number of benzene rings is 1. The predicted octanol–water partition coefficient (Wildman–Crippen LogP) is 2.88. The molecule has 0 aliphatic heterocycles. The molecule has 0 bridgehead atoms. The van der Waals surface area contributed by atoms with Crippen LogP contribution in [0.5, 0.6) is 0 Å². The number of nitrogens with zero attached hydrogens (tertiary/aromatic N) is 3. The van der Waals surface area contributed by atoms with Crippen molar-refractivity contribution in [2.75, 3.05) is 5.32 Å². The number of halogens is 1. The number of amides is 1. The van der Waals surface area contributed by atoms with E-state index in [1.165, 1.54) is 6.33 Å². The first kappa shape index (κ1) is 13.5. The zero-order valence-electron chi connectivity index (χ0n) is 11.4. The Morgan fingerprint density at radius 3 is 2.90 bits per heavy atom. The molecule has 0 aliphatic carbocycles. The van der Waals surface area contributed by atoms with Gasteiger partial charge in [-0.05, 0) is 25.5 Å². The molecule has 0 atom stereocenters. The van der Waals surface area contributed by atoms with Crippen LogP contribution in [0.25, 0.3) is 11.2 Å². The largest absolute Gasteiger partial charge is 0.341 e. The second-order valence-corrected chi connectivity index (χ2v) is 5.07. The van der Waals surface area contributed by atoms with E-state index >= 15 is 0 Å². The molecule has 7 heteroatoms. The average Bonchev–Trinajstić information content (AvgIpc) is 2.90. The summed E-state index contributed by atoms with van der Waals surface area (Å²) in [5, 5.41) is 2.87. The van der Waals surface area contributed by atoms with Gasteiger partial charge in [0.05, 0.1) is 6.33 Å². The van der Waals surface area contributed by atoms with Gasteiger partial charge in [0.25, 0.3) is 5.91 Å². The van der Waals surface area contributed by atoms with E-state index in [1.807, 2.05) is 32.0 Å². The standard InChI is InChI=1S/C14H12ClN5O/c1-7-3-4-8(2)9(5-7)13(21)20-14-18-11(15)10-12(19-14)17-6-16-10/h3-6H,1-2H3,(H2,16,17,18,19,20,21). The number of aromatic amines is 1. The zero-order valence-corrected chi connectivity index (χ0v) is 12.2. The molecule has 3 rings (SSSR count). The van der Waals surface area contributed by atoms with Crippen molar-refractivity contribution in [3.8, 4) is 0 Å². The number of hydrogen-bond donors (Lipinski definition) is 2. The Kier molecular flexibility index (Phi) is 3.31. The lowest BCUT2D eigenvalue weighted by Gasteiger charge is -2.07. The molecule has 0 fully saturated rings. The van der Waals surface area contributed by atoms with E-state index in [4.69, 9.17) is 11.6 Å². The predicted molar refractivity (Wildman–Crippen MR) is 80.6 cm³/mol. The summed E-state index contributed by atoms with van der Waals surface area (Å²) >= 11 is 6.02. The number of hydrogen-bond acceptors (Lipinski definition) is 4. The van der Waals surface area contributed by atoms with Crippen molar-refractivity contribution in [3.63, 3.8) is 0 Å². The fourth-order valence-electron chi connectivity index (χ4n) is 2.00. The molecule has 2 aromatic heterocycles. The summed E-state index contributed by atoms with van der Waals surface area (Å²) in [6.45, 7) is 3.80. The van der Waals surface area contributed by atoms with Crippen molar-refractivity contribution in [1.82, 2.24) is 19.9 Å². The molecule has 0 radical (unpaired) electrons. The van der Waals surface area contributed by atoms with Crippen molar-refractivity contribution in [3.05, 3.63) is 46.4 Å². The van der Waals surface area contributed by atoms with Gasteiger partial charge >= 0.3 is 0 Å². The number of rotatable bonds is 2. The minimum Gasteiger partial charge on any atom is -0.341 e. The number of H-pyrrole nitrogens is 1. The Hall–Kier alpha value is -2.47. The Bertz CT molecular complexity index is 842. The van der Waals surface area contributed by atoms with E-state index < -0.39 is 0 Å². The average molecular weight is 302 g/mol. The van der Waals surface area contributed by atoms with Gasteiger partial charge in [-0.1, -0.05) is 29.3 Å². The molecule has 1 amide bonds. The van der Waals surface area contributed by atoms with Crippen LogP contribution < -0.4 is 5.32 Å². The van der Waals surface area contributed by atoms with Gasteiger partial charge in [-0.25, -0.2) is 4.98 Å². The summed E-state index contributed by atoms with van der Waals surface area (Å²) in [5.74, 6) is -0.146. The van der Waals surface area contributed by atoms with Gasteiger partial charge in [-0.2, -0.15) is 9.97 Å². The van der Waals surface area contributed by atoms with Crippen LogP contribution in [0.2, 0.25) is 5.15 Å². The molecule has 2 heterocycles. The number of aryl methyl sites for hydroxylation is 2. The van der Waals surface area contributed by atoms with Gasteiger partial charge in [0, 0.05) is 5.56 Å². The van der Waals surface area contributed by atoms with Crippen LogP contribution in [0.15, 0.2) is 24.5 Å². The molecule has 1 aromatic carbocycles. The highest BCUT2D eigenvalue weighted by molar-refractivity contribution is 6.33. The summed E-state index contributed by atoms with van der Waals surface area (Å²) in [6.07, 6.45) is 1.47. The van der Waals surface area contributed by atoms with Crippen LogP contribution in [-0.4, -0.2) is 25.8 Å². The number of aromatic nitrogens is 4. The van der Waals surface area contributed by atoms with E-state index in [0.717, 1.165) is 11.1 Å². The number of anilines is 1. The monoisotopic (exact) mass is 301 g/mol. The maximum atomic E-state index is 12.3. The Balaban J connectivity index is 1.94. The minimum atomic E-state index is -0.276. The maximum Gasteiger partial charge on any atom is 0.258 e. The van der Waals surface area contributed by atoms with Crippen LogP contribution in [0.4, 0.5) is 5.95 Å². The van der Waals surface area contributed by atoms with Crippen molar-refractivity contribution >= 4 is 34.6 Å². The lowest BCUT2D eigenvalue weighted by Crippen LogP contribution is -2.15. The highest BCUT2D eigenvalue weighted by atomic mass is 35.5. The van der Waals surface area contributed by atoms with Gasteiger partial charge in [-0.15, -0.1) is 0 Å². The van der Waals surface area contributed by atoms with Crippen molar-refractivity contribution in [2.45, 2.75) is 13.8 Å².